The van der Waals surface area contributed by atoms with Crippen LogP contribution < -0.4 is 9.64 Å². The molecule has 2 fully saturated rings. The van der Waals surface area contributed by atoms with E-state index in [1.165, 1.54) is 6.42 Å². The third-order valence-corrected chi connectivity index (χ3v) is 7.42. The van der Waals surface area contributed by atoms with Gasteiger partial charge in [-0.3, -0.25) is 4.79 Å². The van der Waals surface area contributed by atoms with Gasteiger partial charge in [-0.15, -0.1) is 0 Å². The van der Waals surface area contributed by atoms with Crippen LogP contribution in [0.4, 0.5) is 5.82 Å². The van der Waals surface area contributed by atoms with Crippen LogP contribution in [0.2, 0.25) is 0 Å². The van der Waals surface area contributed by atoms with Gasteiger partial charge >= 0.3 is 0 Å². The molecule has 0 saturated carbocycles. The molecule has 3 aromatic rings. The van der Waals surface area contributed by atoms with Crippen molar-refractivity contribution in [3.63, 3.8) is 0 Å². The minimum absolute atomic E-state index is 0.0414. The van der Waals surface area contributed by atoms with E-state index in [9.17, 15) is 4.79 Å². The number of methoxy groups -OCH3 is 1. The van der Waals surface area contributed by atoms with E-state index in [0.29, 0.717) is 5.92 Å². The number of nitrogens with zero attached hydrogens (tertiary/aromatic N) is 5. The molecule has 1 amide bonds. The largest absolute Gasteiger partial charge is 0.496 e. The summed E-state index contributed by atoms with van der Waals surface area (Å²) in [4.78, 5) is 23.1. The second kappa shape index (κ2) is 8.93. The highest BCUT2D eigenvalue weighted by atomic mass is 16.5. The predicted molar refractivity (Wildman–Crippen MR) is 134 cm³/mol. The van der Waals surface area contributed by atoms with Gasteiger partial charge in [0.15, 0.2) is 5.65 Å². The summed E-state index contributed by atoms with van der Waals surface area (Å²) in [6.45, 7) is 11.2. The lowest BCUT2D eigenvalue weighted by Crippen LogP contribution is -2.39. The van der Waals surface area contributed by atoms with Crippen molar-refractivity contribution in [2.75, 3.05) is 31.6 Å². The van der Waals surface area contributed by atoms with Crippen molar-refractivity contribution in [2.45, 2.75) is 59.4 Å². The molecule has 0 unspecified atom stereocenters. The molecule has 2 aromatic heterocycles. The number of hydrogen-bond donors (Lipinski definition) is 0. The minimum atomic E-state index is -0.0414. The molecular weight excluding hydrogens is 426 g/mol. The summed E-state index contributed by atoms with van der Waals surface area (Å²) in [5.41, 5.74) is 5.57. The molecule has 2 saturated heterocycles. The van der Waals surface area contributed by atoms with Crippen LogP contribution in [0.15, 0.2) is 24.4 Å². The number of aryl methyl sites for hydroxylation is 3. The SMILES string of the molecule is COc1cc(C)c(C(=O)N2CCCC[C@H]2c2cc3nc(N4CC[C@H](C)C4)c(C)cn3n2)cc1C. The Kier molecular flexibility index (Phi) is 5.96. The fourth-order valence-electron chi connectivity index (χ4n) is 5.51. The Labute approximate surface area is 201 Å². The van der Waals surface area contributed by atoms with Gasteiger partial charge in [0.25, 0.3) is 5.91 Å². The molecule has 180 valence electrons. The average molecular weight is 462 g/mol. The van der Waals surface area contributed by atoms with Crippen LogP contribution in [0.1, 0.15) is 71.4 Å². The van der Waals surface area contributed by atoms with E-state index in [4.69, 9.17) is 14.8 Å². The summed E-state index contributed by atoms with van der Waals surface area (Å²) < 4.78 is 7.33. The first kappa shape index (κ1) is 22.7. The third-order valence-electron chi connectivity index (χ3n) is 7.42. The highest BCUT2D eigenvalue weighted by Gasteiger charge is 2.32. The zero-order valence-corrected chi connectivity index (χ0v) is 21.0. The summed E-state index contributed by atoms with van der Waals surface area (Å²) in [6, 6.07) is 5.95. The number of amides is 1. The Morgan fingerprint density at radius 2 is 1.85 bits per heavy atom. The first-order valence-corrected chi connectivity index (χ1v) is 12.4. The van der Waals surface area contributed by atoms with Crippen LogP contribution in [0.5, 0.6) is 5.75 Å². The number of carbonyl (C=O) groups excluding carboxylic acids is 1. The van der Waals surface area contributed by atoms with E-state index in [-0.39, 0.29) is 11.9 Å². The molecule has 2 aliphatic rings. The van der Waals surface area contributed by atoms with Gasteiger partial charge in [0.05, 0.1) is 18.8 Å². The summed E-state index contributed by atoms with van der Waals surface area (Å²) in [7, 11) is 1.67. The summed E-state index contributed by atoms with van der Waals surface area (Å²) in [5.74, 6) is 2.64. The van der Waals surface area contributed by atoms with Gasteiger partial charge in [-0.2, -0.15) is 5.10 Å². The van der Waals surface area contributed by atoms with E-state index in [0.717, 1.165) is 84.1 Å². The molecule has 0 aliphatic carbocycles. The van der Waals surface area contributed by atoms with Gasteiger partial charge in [0.1, 0.15) is 11.6 Å². The Morgan fingerprint density at radius 1 is 1.03 bits per heavy atom. The zero-order chi connectivity index (χ0) is 24.0. The number of fused-ring (bicyclic) bond motifs is 1. The number of hydrogen-bond acceptors (Lipinski definition) is 5. The Hall–Kier alpha value is -3.09. The fourth-order valence-corrected chi connectivity index (χ4v) is 5.51. The second-order valence-corrected chi connectivity index (χ2v) is 10.1. The van der Waals surface area contributed by atoms with Gasteiger partial charge in [0, 0.05) is 43.0 Å². The highest BCUT2D eigenvalue weighted by Crippen LogP contribution is 2.34. The predicted octanol–water partition coefficient (Wildman–Crippen LogP) is 4.88. The van der Waals surface area contributed by atoms with Gasteiger partial charge in [-0.1, -0.05) is 6.92 Å². The number of rotatable bonds is 4. The van der Waals surface area contributed by atoms with Crippen molar-refractivity contribution in [3.8, 4) is 5.75 Å². The lowest BCUT2D eigenvalue weighted by molar-refractivity contribution is 0.0605. The van der Waals surface area contributed by atoms with Crippen LogP contribution in [-0.4, -0.2) is 52.1 Å². The van der Waals surface area contributed by atoms with Gasteiger partial charge < -0.3 is 14.5 Å². The molecular formula is C27H35N5O2. The lowest BCUT2D eigenvalue weighted by Gasteiger charge is -2.35. The van der Waals surface area contributed by atoms with Crippen LogP contribution in [0.3, 0.4) is 0 Å². The van der Waals surface area contributed by atoms with E-state index < -0.39 is 0 Å². The molecule has 2 aliphatic heterocycles. The molecule has 7 nitrogen and oxygen atoms in total. The van der Waals surface area contributed by atoms with Crippen LogP contribution in [0, 0.1) is 26.7 Å². The summed E-state index contributed by atoms with van der Waals surface area (Å²) in [6.07, 6.45) is 6.31. The third kappa shape index (κ3) is 4.01. The first-order chi connectivity index (χ1) is 16.4. The number of likely N-dealkylation sites (tertiary alicyclic amines) is 1. The molecule has 0 N–H and O–H groups in total. The van der Waals surface area contributed by atoms with Crippen molar-refractivity contribution in [1.29, 1.82) is 0 Å². The van der Waals surface area contributed by atoms with Crippen molar-refractivity contribution < 1.29 is 9.53 Å². The van der Waals surface area contributed by atoms with Crippen LogP contribution >= 0.6 is 0 Å². The molecule has 0 bridgehead atoms. The lowest BCUT2D eigenvalue weighted by atomic mass is 9.96. The summed E-state index contributed by atoms with van der Waals surface area (Å²) >= 11 is 0. The van der Waals surface area contributed by atoms with Crippen molar-refractivity contribution in [1.82, 2.24) is 19.5 Å². The Bertz CT molecular complexity index is 1230. The van der Waals surface area contributed by atoms with E-state index >= 15 is 0 Å². The standard InChI is InChI=1S/C27H35N5O2/c1-17-9-11-30(15-17)26-20(4)16-32-25(28-26)14-22(29-32)23-8-6-7-10-31(23)27(33)21-12-19(3)24(34-5)13-18(21)2/h12-14,16-17,23H,6-11,15H2,1-5H3/t17-,23-/m0/s1. The normalized spacial score (nSPS) is 20.9. The Balaban J connectivity index is 1.47. The molecule has 7 heteroatoms. The number of benzene rings is 1. The topological polar surface area (TPSA) is 63.0 Å². The molecule has 0 spiro atoms. The molecule has 5 rings (SSSR count). The molecule has 4 heterocycles. The Morgan fingerprint density at radius 3 is 2.59 bits per heavy atom. The van der Waals surface area contributed by atoms with Crippen molar-refractivity contribution >= 4 is 17.4 Å². The first-order valence-electron chi connectivity index (χ1n) is 12.4. The van der Waals surface area contributed by atoms with E-state index in [2.05, 4.69) is 31.0 Å². The molecule has 0 radical (unpaired) electrons. The van der Waals surface area contributed by atoms with E-state index in [1.54, 1.807) is 7.11 Å². The second-order valence-electron chi connectivity index (χ2n) is 10.1. The van der Waals surface area contributed by atoms with E-state index in [1.807, 2.05) is 35.4 Å². The zero-order valence-electron chi connectivity index (χ0n) is 21.0. The summed E-state index contributed by atoms with van der Waals surface area (Å²) in [5, 5.41) is 4.90. The smallest absolute Gasteiger partial charge is 0.254 e. The number of carbonyl (C=O) groups is 1. The van der Waals surface area contributed by atoms with Crippen LogP contribution in [0.25, 0.3) is 5.65 Å². The fraction of sp³-hybridized carbons (Fsp3) is 0.519. The van der Waals surface area contributed by atoms with Crippen molar-refractivity contribution in [2.24, 2.45) is 5.92 Å². The molecule has 34 heavy (non-hydrogen) atoms. The minimum Gasteiger partial charge on any atom is -0.496 e. The number of ether oxygens (including phenoxy) is 1. The molecule has 2 atom stereocenters. The van der Waals surface area contributed by atoms with Crippen LogP contribution in [-0.2, 0) is 0 Å². The number of aromatic nitrogens is 3. The maximum absolute atomic E-state index is 13.7. The molecule has 1 aromatic carbocycles. The monoisotopic (exact) mass is 461 g/mol. The number of anilines is 1. The van der Waals surface area contributed by atoms with Crippen molar-refractivity contribution in [3.05, 3.63) is 52.3 Å². The quantitative estimate of drug-likeness (QED) is 0.554. The number of piperidine rings is 1. The highest BCUT2D eigenvalue weighted by molar-refractivity contribution is 5.96. The van der Waals surface area contributed by atoms with Gasteiger partial charge in [0.2, 0.25) is 0 Å². The maximum atomic E-state index is 13.7. The van der Waals surface area contributed by atoms with Gasteiger partial charge in [-0.25, -0.2) is 9.50 Å². The maximum Gasteiger partial charge on any atom is 0.254 e. The van der Waals surface area contributed by atoms with Gasteiger partial charge in [-0.05, 0) is 75.6 Å². The average Bonchev–Trinajstić information content (AvgIpc) is 3.44.